The molecule has 1 amide bonds. The molecule has 0 unspecified atom stereocenters. The highest BCUT2D eigenvalue weighted by atomic mass is 16.3. The van der Waals surface area contributed by atoms with Gasteiger partial charge in [-0.3, -0.25) is 4.79 Å². The first kappa shape index (κ1) is 13.4. The van der Waals surface area contributed by atoms with Crippen LogP contribution in [0.1, 0.15) is 21.7 Å². The molecule has 24 heavy (non-hydrogen) atoms. The third-order valence-electron chi connectivity index (χ3n) is 4.77. The van der Waals surface area contributed by atoms with Crippen LogP contribution >= 0.6 is 0 Å². The Morgan fingerprint density at radius 1 is 0.917 bits per heavy atom. The summed E-state index contributed by atoms with van der Waals surface area (Å²) in [4.78, 5) is 12.6. The third kappa shape index (κ3) is 1.95. The molecular weight excluding hydrogens is 298 g/mol. The van der Waals surface area contributed by atoms with Crippen molar-refractivity contribution < 1.29 is 9.21 Å². The van der Waals surface area contributed by atoms with Gasteiger partial charge in [0.2, 0.25) is 0 Å². The van der Waals surface area contributed by atoms with Crippen molar-refractivity contribution in [3.8, 4) is 0 Å². The van der Waals surface area contributed by atoms with Crippen LogP contribution in [0.5, 0.6) is 0 Å². The average molecular weight is 313 g/mol. The van der Waals surface area contributed by atoms with Gasteiger partial charge in [-0.1, -0.05) is 42.5 Å². The molecule has 1 aliphatic rings. The summed E-state index contributed by atoms with van der Waals surface area (Å²) in [7, 11) is 0. The average Bonchev–Trinajstić information content (AvgIpc) is 3.22. The molecule has 116 valence electrons. The van der Waals surface area contributed by atoms with Gasteiger partial charge in [-0.25, -0.2) is 0 Å². The Morgan fingerprint density at radius 2 is 1.75 bits per heavy atom. The minimum Gasteiger partial charge on any atom is -0.451 e. The maximum atomic E-state index is 12.6. The Labute approximate surface area is 138 Å². The first-order valence-electron chi connectivity index (χ1n) is 8.13. The summed E-state index contributed by atoms with van der Waals surface area (Å²) in [5.74, 6) is 0.115. The highest BCUT2D eigenvalue weighted by Crippen LogP contribution is 2.35. The lowest BCUT2D eigenvalue weighted by atomic mass is 10.0. The van der Waals surface area contributed by atoms with Gasteiger partial charge in [0.15, 0.2) is 5.76 Å². The summed E-state index contributed by atoms with van der Waals surface area (Å²) in [6.45, 7) is 0. The van der Waals surface area contributed by atoms with Gasteiger partial charge in [-0.2, -0.15) is 0 Å². The zero-order chi connectivity index (χ0) is 16.1. The molecule has 4 aromatic rings. The Morgan fingerprint density at radius 3 is 2.62 bits per heavy atom. The fourth-order valence-electron chi connectivity index (χ4n) is 3.63. The van der Waals surface area contributed by atoms with Gasteiger partial charge in [-0.15, -0.1) is 0 Å². The molecule has 3 aromatic carbocycles. The van der Waals surface area contributed by atoms with Crippen molar-refractivity contribution >= 4 is 33.3 Å². The van der Waals surface area contributed by atoms with Gasteiger partial charge in [0.25, 0.3) is 5.91 Å². The topological polar surface area (TPSA) is 42.2 Å². The predicted octanol–water partition coefficient (Wildman–Crippen LogP) is 4.94. The zero-order valence-electron chi connectivity index (χ0n) is 13.0. The number of carbonyl (C=O) groups is 1. The molecule has 3 nitrogen and oxygen atoms in total. The molecule has 1 aliphatic carbocycles. The van der Waals surface area contributed by atoms with Crippen LogP contribution < -0.4 is 5.32 Å². The normalized spacial score (nSPS) is 12.8. The second-order valence-corrected chi connectivity index (χ2v) is 6.21. The maximum absolute atomic E-state index is 12.6. The number of carbonyl (C=O) groups excluding carboxylic acids is 1. The lowest BCUT2D eigenvalue weighted by molar-refractivity contribution is 0.0999. The number of hydrogen-bond donors (Lipinski definition) is 1. The number of amides is 1. The number of fused-ring (bicyclic) bond motifs is 1. The molecule has 0 aliphatic heterocycles. The number of benzene rings is 3. The van der Waals surface area contributed by atoms with Crippen molar-refractivity contribution in [2.75, 3.05) is 5.32 Å². The molecule has 1 aromatic heterocycles. The van der Waals surface area contributed by atoms with E-state index in [0.717, 1.165) is 34.9 Å². The largest absolute Gasteiger partial charge is 0.451 e. The quantitative estimate of drug-likeness (QED) is 0.569. The van der Waals surface area contributed by atoms with Gasteiger partial charge < -0.3 is 9.73 Å². The lowest BCUT2D eigenvalue weighted by Crippen LogP contribution is -2.11. The molecule has 0 saturated heterocycles. The van der Waals surface area contributed by atoms with Crippen molar-refractivity contribution in [1.82, 2.24) is 0 Å². The van der Waals surface area contributed by atoms with E-state index in [1.807, 2.05) is 30.3 Å². The smallest absolute Gasteiger partial charge is 0.291 e. The third-order valence-corrected chi connectivity index (χ3v) is 4.77. The number of nitrogens with one attached hydrogen (secondary N) is 1. The zero-order valence-corrected chi connectivity index (χ0v) is 13.0. The van der Waals surface area contributed by atoms with Crippen molar-refractivity contribution in [1.29, 1.82) is 0 Å². The van der Waals surface area contributed by atoms with Crippen LogP contribution in [0.2, 0.25) is 0 Å². The fourth-order valence-corrected chi connectivity index (χ4v) is 3.63. The Kier molecular flexibility index (Phi) is 2.77. The Bertz CT molecular complexity index is 1060. The summed E-state index contributed by atoms with van der Waals surface area (Å²) in [6, 6.07) is 19.8. The SMILES string of the molecule is O=C(Nc1ccc2c3c(cccc13)CC2)c1cc2ccccc2o1. The van der Waals surface area contributed by atoms with E-state index in [1.54, 1.807) is 6.07 Å². The fraction of sp³-hybridized carbons (Fsp3) is 0.0952. The van der Waals surface area contributed by atoms with Crippen LogP contribution in [0.4, 0.5) is 5.69 Å². The van der Waals surface area contributed by atoms with Gasteiger partial charge in [-0.05, 0) is 47.6 Å². The van der Waals surface area contributed by atoms with Crippen molar-refractivity contribution in [2.24, 2.45) is 0 Å². The standard InChI is InChI=1S/C21H15NO2/c23-21(19-12-15-4-1-2-7-18(15)24-19)22-17-11-10-14-9-8-13-5-3-6-16(17)20(13)14/h1-7,10-12H,8-9H2,(H,22,23). The molecule has 1 N–H and O–H groups in total. The maximum Gasteiger partial charge on any atom is 0.291 e. The minimum atomic E-state index is -0.218. The number of para-hydroxylation sites is 1. The van der Waals surface area contributed by atoms with Gasteiger partial charge >= 0.3 is 0 Å². The van der Waals surface area contributed by atoms with Crippen molar-refractivity contribution in [2.45, 2.75) is 12.8 Å². The van der Waals surface area contributed by atoms with Crippen molar-refractivity contribution in [3.63, 3.8) is 0 Å². The number of hydrogen-bond acceptors (Lipinski definition) is 2. The number of rotatable bonds is 2. The van der Waals surface area contributed by atoms with E-state index >= 15 is 0 Å². The second-order valence-electron chi connectivity index (χ2n) is 6.21. The van der Waals surface area contributed by atoms with Crippen LogP contribution in [-0.4, -0.2) is 5.91 Å². The van der Waals surface area contributed by atoms with Crippen LogP contribution in [-0.2, 0) is 12.8 Å². The Hall–Kier alpha value is -3.07. The van der Waals surface area contributed by atoms with E-state index in [1.165, 1.54) is 16.5 Å². The first-order valence-corrected chi connectivity index (χ1v) is 8.13. The van der Waals surface area contributed by atoms with E-state index in [4.69, 9.17) is 4.42 Å². The van der Waals surface area contributed by atoms with Gasteiger partial charge in [0.1, 0.15) is 5.58 Å². The molecule has 0 fully saturated rings. The molecule has 5 rings (SSSR count). The van der Waals surface area contributed by atoms with E-state index in [9.17, 15) is 4.79 Å². The van der Waals surface area contributed by atoms with E-state index < -0.39 is 0 Å². The molecule has 0 bridgehead atoms. The molecule has 3 heteroatoms. The highest BCUT2D eigenvalue weighted by molar-refractivity contribution is 6.10. The number of anilines is 1. The van der Waals surface area contributed by atoms with Crippen LogP contribution in [0.3, 0.4) is 0 Å². The van der Waals surface area contributed by atoms with E-state index in [0.29, 0.717) is 5.76 Å². The van der Waals surface area contributed by atoms with Crippen LogP contribution in [0.25, 0.3) is 21.7 Å². The monoisotopic (exact) mass is 313 g/mol. The van der Waals surface area contributed by atoms with E-state index in [-0.39, 0.29) is 5.91 Å². The predicted molar refractivity (Wildman–Crippen MR) is 95.5 cm³/mol. The van der Waals surface area contributed by atoms with Gasteiger partial charge in [0, 0.05) is 16.5 Å². The summed E-state index contributed by atoms with van der Waals surface area (Å²) in [5.41, 5.74) is 4.29. The lowest BCUT2D eigenvalue weighted by Gasteiger charge is -2.09. The van der Waals surface area contributed by atoms with Crippen LogP contribution in [0.15, 0.2) is 65.1 Å². The summed E-state index contributed by atoms with van der Waals surface area (Å²) >= 11 is 0. The summed E-state index contributed by atoms with van der Waals surface area (Å²) in [5, 5.41) is 6.34. The molecular formula is C21H15NO2. The summed E-state index contributed by atoms with van der Waals surface area (Å²) in [6.07, 6.45) is 2.15. The molecule has 0 spiro atoms. The summed E-state index contributed by atoms with van der Waals surface area (Å²) < 4.78 is 5.66. The minimum absolute atomic E-state index is 0.218. The second kappa shape index (κ2) is 4.96. The van der Waals surface area contributed by atoms with Crippen LogP contribution in [0, 0.1) is 0 Å². The highest BCUT2D eigenvalue weighted by Gasteiger charge is 2.18. The first-order chi connectivity index (χ1) is 11.8. The number of furan rings is 1. The molecule has 1 heterocycles. The molecule has 0 radical (unpaired) electrons. The van der Waals surface area contributed by atoms with E-state index in [2.05, 4.69) is 29.6 Å². The molecule has 0 atom stereocenters. The van der Waals surface area contributed by atoms with Crippen molar-refractivity contribution in [3.05, 3.63) is 77.6 Å². The number of aryl methyl sites for hydroxylation is 2. The molecule has 0 saturated carbocycles. The van der Waals surface area contributed by atoms with Gasteiger partial charge in [0.05, 0.1) is 0 Å². The Balaban J connectivity index is 1.56.